The van der Waals surface area contributed by atoms with Crippen LogP contribution < -0.4 is 0 Å². The molecule has 6 aromatic carbocycles. The topological polar surface area (TPSA) is 13.8 Å². The predicted molar refractivity (Wildman–Crippen MR) is 176 cm³/mol. The average Bonchev–Trinajstić information content (AvgIpc) is 3.65. The zero-order valence-electron chi connectivity index (χ0n) is 23.3. The van der Waals surface area contributed by atoms with Crippen LogP contribution in [-0.4, -0.2) is 13.4 Å². The maximum Gasteiger partial charge on any atom is 0.0783 e. The van der Waals surface area contributed by atoms with E-state index in [2.05, 4.69) is 142 Å². The van der Waals surface area contributed by atoms with Crippen molar-refractivity contribution in [2.24, 2.45) is 0 Å². The molecular weight excluding hydrogens is 510 g/mol. The number of nitrogens with zero attached hydrogens (tertiary/aromatic N) is 3. The van der Waals surface area contributed by atoms with E-state index in [1.54, 1.807) is 0 Å². The predicted octanol–water partition coefficient (Wildman–Crippen LogP) is 9.98. The van der Waals surface area contributed by atoms with E-state index in [1.807, 2.05) is 0 Å². The lowest BCUT2D eigenvalue weighted by molar-refractivity contribution is 0.630. The monoisotopic (exact) mass is 535 g/mol. The van der Waals surface area contributed by atoms with Gasteiger partial charge in [0.1, 0.15) is 0 Å². The highest BCUT2D eigenvalue weighted by atomic mass is 15.0. The fourth-order valence-corrected chi connectivity index (χ4v) is 8.56. The summed E-state index contributed by atoms with van der Waals surface area (Å²) in [5, 5.41) is 7.87. The molecule has 3 heteroatoms. The normalized spacial score (nSPS) is 14.6. The van der Waals surface area contributed by atoms with Crippen molar-refractivity contribution in [3.8, 4) is 5.69 Å². The first-order valence-electron chi connectivity index (χ1n) is 14.8. The van der Waals surface area contributed by atoms with Crippen LogP contribution >= 0.6 is 0 Å². The van der Waals surface area contributed by atoms with Crippen molar-refractivity contribution in [3.63, 3.8) is 0 Å². The first-order chi connectivity index (χ1) is 20.6. The quantitative estimate of drug-likeness (QED) is 0.172. The van der Waals surface area contributed by atoms with Gasteiger partial charge < -0.3 is 13.4 Å². The standard InChI is InChI=1S/C39H25N3/c1-39(2)28-14-4-6-17-31(28)41-34-21-35-27(20-26(34)24-11-7-15-29(39)36(24)41)25-13-9-18-32-38(25)42(35)33-19-8-12-23-22-10-3-5-16-30(22)40(32)37(23)33/h3-21H,1-2H3. The summed E-state index contributed by atoms with van der Waals surface area (Å²) in [6, 6.07) is 43.2. The van der Waals surface area contributed by atoms with Gasteiger partial charge in [0.25, 0.3) is 0 Å². The van der Waals surface area contributed by atoms with E-state index in [0.717, 1.165) is 0 Å². The van der Waals surface area contributed by atoms with Crippen molar-refractivity contribution < 1.29 is 0 Å². The number of fused-ring (bicyclic) bond motifs is 13. The summed E-state index contributed by atoms with van der Waals surface area (Å²) in [5.41, 5.74) is 14.2. The lowest BCUT2D eigenvalue weighted by Crippen LogP contribution is -2.26. The van der Waals surface area contributed by atoms with Gasteiger partial charge in [-0.1, -0.05) is 92.7 Å². The molecule has 196 valence electrons. The fourth-order valence-electron chi connectivity index (χ4n) is 8.56. The number of aromatic nitrogens is 3. The van der Waals surface area contributed by atoms with Gasteiger partial charge >= 0.3 is 0 Å². The van der Waals surface area contributed by atoms with Gasteiger partial charge in [-0.2, -0.15) is 0 Å². The van der Waals surface area contributed by atoms with Crippen LogP contribution in [0.25, 0.3) is 82.1 Å². The number of para-hydroxylation sites is 5. The lowest BCUT2D eigenvalue weighted by Gasteiger charge is -2.34. The highest BCUT2D eigenvalue weighted by Gasteiger charge is 2.35. The zero-order chi connectivity index (χ0) is 27.5. The minimum absolute atomic E-state index is 0.0688. The summed E-state index contributed by atoms with van der Waals surface area (Å²) < 4.78 is 7.55. The molecule has 0 saturated carbocycles. The van der Waals surface area contributed by atoms with Crippen molar-refractivity contribution in [3.05, 3.63) is 126 Å². The van der Waals surface area contributed by atoms with E-state index < -0.39 is 0 Å². The molecule has 0 atom stereocenters. The Kier molecular flexibility index (Phi) is 3.46. The zero-order valence-corrected chi connectivity index (χ0v) is 23.3. The number of benzene rings is 6. The Morgan fingerprint density at radius 2 is 0.952 bits per heavy atom. The summed E-state index contributed by atoms with van der Waals surface area (Å²) in [5.74, 6) is 0. The largest absolute Gasteiger partial charge is 0.309 e. The van der Waals surface area contributed by atoms with Crippen molar-refractivity contribution in [1.82, 2.24) is 13.4 Å². The third-order valence-electron chi connectivity index (χ3n) is 10.3. The molecule has 0 N–H and O–H groups in total. The number of rotatable bonds is 0. The number of hydrogen-bond acceptors (Lipinski definition) is 0. The average molecular weight is 536 g/mol. The summed E-state index contributed by atoms with van der Waals surface area (Å²) in [6.45, 7) is 4.74. The first kappa shape index (κ1) is 21.5. The van der Waals surface area contributed by atoms with Gasteiger partial charge in [-0.3, -0.25) is 0 Å². The summed E-state index contributed by atoms with van der Waals surface area (Å²) >= 11 is 0. The van der Waals surface area contributed by atoms with Crippen LogP contribution in [0.4, 0.5) is 0 Å². The summed E-state index contributed by atoms with van der Waals surface area (Å²) in [4.78, 5) is 0. The van der Waals surface area contributed by atoms with Gasteiger partial charge in [0.2, 0.25) is 0 Å². The highest BCUT2D eigenvalue weighted by molar-refractivity contribution is 6.25. The molecule has 0 fully saturated rings. The summed E-state index contributed by atoms with van der Waals surface area (Å²) in [6.07, 6.45) is 0. The van der Waals surface area contributed by atoms with Gasteiger partial charge in [-0.25, -0.2) is 0 Å². The molecule has 3 nitrogen and oxygen atoms in total. The van der Waals surface area contributed by atoms with Crippen molar-refractivity contribution in [2.45, 2.75) is 19.3 Å². The molecule has 0 aliphatic carbocycles. The molecule has 0 spiro atoms. The molecule has 5 heterocycles. The molecule has 10 aromatic rings. The van der Waals surface area contributed by atoms with Crippen molar-refractivity contribution >= 4 is 76.5 Å². The van der Waals surface area contributed by atoms with Crippen molar-refractivity contribution in [1.29, 1.82) is 0 Å². The molecule has 0 saturated heterocycles. The third-order valence-corrected chi connectivity index (χ3v) is 10.3. The molecule has 0 radical (unpaired) electrons. The van der Waals surface area contributed by atoms with E-state index in [-0.39, 0.29) is 5.41 Å². The molecule has 1 aliphatic rings. The van der Waals surface area contributed by atoms with Gasteiger partial charge in [-0.05, 0) is 47.5 Å². The Balaban J connectivity index is 1.43. The van der Waals surface area contributed by atoms with Crippen LogP contribution in [0.15, 0.2) is 115 Å². The van der Waals surface area contributed by atoms with E-state index in [9.17, 15) is 0 Å². The Bertz CT molecular complexity index is 2820. The Morgan fingerprint density at radius 3 is 1.76 bits per heavy atom. The van der Waals surface area contributed by atoms with Crippen LogP contribution in [0.2, 0.25) is 0 Å². The second-order valence-electron chi connectivity index (χ2n) is 12.6. The second kappa shape index (κ2) is 6.78. The Labute approximate surface area is 240 Å². The SMILES string of the molecule is CC1(C)c2ccccc2-n2c3cc4c(cc3c3cccc1c32)c1cccc2c1n4c1cccc3c4ccccc4n2c31. The molecule has 0 unspecified atom stereocenters. The molecule has 0 amide bonds. The van der Waals surface area contributed by atoms with Crippen LogP contribution in [0, 0.1) is 0 Å². The molecule has 11 rings (SSSR count). The van der Waals surface area contributed by atoms with E-state index >= 15 is 0 Å². The van der Waals surface area contributed by atoms with Gasteiger partial charge in [-0.15, -0.1) is 0 Å². The number of hydrogen-bond donors (Lipinski definition) is 0. The minimum atomic E-state index is -0.0688. The van der Waals surface area contributed by atoms with Crippen molar-refractivity contribution in [2.75, 3.05) is 0 Å². The molecule has 1 aliphatic heterocycles. The van der Waals surface area contributed by atoms with E-state index in [0.29, 0.717) is 0 Å². The first-order valence-corrected chi connectivity index (χ1v) is 14.8. The van der Waals surface area contributed by atoms with Crippen LogP contribution in [0.3, 0.4) is 0 Å². The smallest absolute Gasteiger partial charge is 0.0783 e. The van der Waals surface area contributed by atoms with Crippen LogP contribution in [0.1, 0.15) is 25.0 Å². The molecule has 42 heavy (non-hydrogen) atoms. The fraction of sp³-hybridized carbons (Fsp3) is 0.0769. The molecule has 0 bridgehead atoms. The third kappa shape index (κ3) is 2.18. The highest BCUT2D eigenvalue weighted by Crippen LogP contribution is 2.49. The maximum atomic E-state index is 2.53. The molecule has 4 aromatic heterocycles. The van der Waals surface area contributed by atoms with Gasteiger partial charge in [0.15, 0.2) is 0 Å². The minimum Gasteiger partial charge on any atom is -0.309 e. The lowest BCUT2D eigenvalue weighted by atomic mass is 9.75. The molecular formula is C39H25N3. The maximum absolute atomic E-state index is 2.53. The van der Waals surface area contributed by atoms with Crippen LogP contribution in [0.5, 0.6) is 0 Å². The second-order valence-corrected chi connectivity index (χ2v) is 12.6. The Morgan fingerprint density at radius 1 is 0.405 bits per heavy atom. The van der Waals surface area contributed by atoms with E-state index in [1.165, 1.54) is 93.3 Å². The summed E-state index contributed by atoms with van der Waals surface area (Å²) in [7, 11) is 0. The van der Waals surface area contributed by atoms with E-state index in [4.69, 9.17) is 0 Å². The van der Waals surface area contributed by atoms with Gasteiger partial charge in [0.05, 0.1) is 49.8 Å². The van der Waals surface area contributed by atoms with Crippen LogP contribution in [-0.2, 0) is 5.41 Å². The van der Waals surface area contributed by atoms with Gasteiger partial charge in [0, 0.05) is 37.7 Å². The Hall–Kier alpha value is -5.28.